The quantitative estimate of drug-likeness (QED) is 0.839. The second-order valence-corrected chi connectivity index (χ2v) is 5.84. The fraction of sp³-hybridized carbons (Fsp3) is 0.800. The summed E-state index contributed by atoms with van der Waals surface area (Å²) in [5, 5.41) is 4.32. The molecule has 84 valence electrons. The van der Waals surface area contributed by atoms with E-state index < -0.39 is 5.54 Å². The molecule has 0 aromatic carbocycles. The highest BCUT2D eigenvalue weighted by atomic mass is 32.2. The highest BCUT2D eigenvalue weighted by Crippen LogP contribution is 2.37. The van der Waals surface area contributed by atoms with Crippen molar-refractivity contribution in [2.45, 2.75) is 43.9 Å². The van der Waals surface area contributed by atoms with Gasteiger partial charge in [-0.2, -0.15) is 4.98 Å². The third-order valence-electron chi connectivity index (χ3n) is 2.47. The molecule has 1 aromatic rings. The van der Waals surface area contributed by atoms with Crippen LogP contribution in [0.25, 0.3) is 0 Å². The standard InChI is InChI=1S/C10H17N3OS/c1-10(2,11)9-12-8(14-13-9)7-5-3-4-6-15-7/h7H,3-6,11H2,1-2H3. The van der Waals surface area contributed by atoms with Gasteiger partial charge in [0.1, 0.15) is 0 Å². The van der Waals surface area contributed by atoms with E-state index in [9.17, 15) is 0 Å². The number of aromatic nitrogens is 2. The summed E-state index contributed by atoms with van der Waals surface area (Å²) in [4.78, 5) is 4.38. The highest BCUT2D eigenvalue weighted by molar-refractivity contribution is 7.99. The molecule has 1 fully saturated rings. The minimum atomic E-state index is -0.513. The predicted octanol–water partition coefficient (Wildman–Crippen LogP) is 2.22. The Balaban J connectivity index is 2.12. The van der Waals surface area contributed by atoms with Crippen molar-refractivity contribution in [2.24, 2.45) is 5.73 Å². The molecule has 0 radical (unpaired) electrons. The zero-order valence-corrected chi connectivity index (χ0v) is 10.0. The third kappa shape index (κ3) is 2.52. The van der Waals surface area contributed by atoms with Crippen LogP contribution in [0.1, 0.15) is 50.1 Å². The van der Waals surface area contributed by atoms with E-state index in [4.69, 9.17) is 10.3 Å². The molecule has 1 atom stereocenters. The van der Waals surface area contributed by atoms with Crippen molar-refractivity contribution >= 4 is 11.8 Å². The van der Waals surface area contributed by atoms with Crippen LogP contribution < -0.4 is 5.73 Å². The molecule has 1 aliphatic rings. The van der Waals surface area contributed by atoms with Gasteiger partial charge in [-0.3, -0.25) is 0 Å². The van der Waals surface area contributed by atoms with Crippen molar-refractivity contribution < 1.29 is 4.52 Å². The van der Waals surface area contributed by atoms with Crippen molar-refractivity contribution in [3.8, 4) is 0 Å². The van der Waals surface area contributed by atoms with Gasteiger partial charge in [-0.25, -0.2) is 0 Å². The summed E-state index contributed by atoms with van der Waals surface area (Å²) >= 11 is 1.90. The fourth-order valence-corrected chi connectivity index (χ4v) is 2.79. The maximum absolute atomic E-state index is 5.91. The lowest BCUT2D eigenvalue weighted by molar-refractivity contribution is 0.354. The van der Waals surface area contributed by atoms with Crippen molar-refractivity contribution in [1.29, 1.82) is 0 Å². The average molecular weight is 227 g/mol. The molecule has 2 N–H and O–H groups in total. The molecule has 0 amide bonds. The minimum Gasteiger partial charge on any atom is -0.338 e. The molecule has 0 bridgehead atoms. The van der Waals surface area contributed by atoms with Crippen LogP contribution in [0.15, 0.2) is 4.52 Å². The Kier molecular flexibility index (Phi) is 3.02. The summed E-state index contributed by atoms with van der Waals surface area (Å²) in [6.07, 6.45) is 3.68. The molecule has 0 aliphatic carbocycles. The minimum absolute atomic E-state index is 0.377. The molecule has 2 rings (SSSR count). The SMILES string of the molecule is CC(C)(N)c1noc(C2CCCCS2)n1. The van der Waals surface area contributed by atoms with Gasteiger partial charge in [0.15, 0.2) is 5.82 Å². The lowest BCUT2D eigenvalue weighted by atomic mass is 10.1. The first kappa shape index (κ1) is 11.0. The number of rotatable bonds is 2. The van der Waals surface area contributed by atoms with E-state index in [2.05, 4.69) is 10.1 Å². The smallest absolute Gasteiger partial charge is 0.239 e. The summed E-state index contributed by atoms with van der Waals surface area (Å²) in [5.74, 6) is 2.53. The number of nitrogens with two attached hydrogens (primary N) is 1. The van der Waals surface area contributed by atoms with Crippen LogP contribution in [0.5, 0.6) is 0 Å². The van der Waals surface area contributed by atoms with Crippen molar-refractivity contribution in [3.05, 3.63) is 11.7 Å². The Morgan fingerprint density at radius 3 is 2.80 bits per heavy atom. The van der Waals surface area contributed by atoms with Gasteiger partial charge in [0, 0.05) is 0 Å². The van der Waals surface area contributed by atoms with Gasteiger partial charge in [0.25, 0.3) is 0 Å². The Bertz CT molecular complexity index is 326. The van der Waals surface area contributed by atoms with Crippen LogP contribution in [0, 0.1) is 0 Å². The predicted molar refractivity (Wildman–Crippen MR) is 60.6 cm³/mol. The van der Waals surface area contributed by atoms with Crippen LogP contribution in [-0.4, -0.2) is 15.9 Å². The molecule has 5 heteroatoms. The summed E-state index contributed by atoms with van der Waals surface area (Å²) in [7, 11) is 0. The average Bonchev–Trinajstić information content (AvgIpc) is 2.67. The van der Waals surface area contributed by atoms with E-state index in [0.29, 0.717) is 11.1 Å². The molecule has 1 aromatic heterocycles. The normalized spacial score (nSPS) is 23.0. The molecule has 1 saturated heterocycles. The number of thioether (sulfide) groups is 1. The van der Waals surface area contributed by atoms with Gasteiger partial charge in [0.2, 0.25) is 5.89 Å². The third-order valence-corrected chi connectivity index (χ3v) is 3.84. The first-order chi connectivity index (χ1) is 7.07. The molecule has 0 spiro atoms. The Labute approximate surface area is 94.0 Å². The first-order valence-corrected chi connectivity index (χ1v) is 6.37. The molecule has 1 unspecified atom stereocenters. The summed E-state index contributed by atoms with van der Waals surface area (Å²) in [5.41, 5.74) is 5.40. The summed E-state index contributed by atoms with van der Waals surface area (Å²) in [6.45, 7) is 3.77. The van der Waals surface area contributed by atoms with Crippen molar-refractivity contribution in [1.82, 2.24) is 10.1 Å². The fourth-order valence-electron chi connectivity index (χ4n) is 1.56. The van der Waals surface area contributed by atoms with Crippen LogP contribution >= 0.6 is 11.8 Å². The topological polar surface area (TPSA) is 64.9 Å². The number of nitrogens with zero attached hydrogens (tertiary/aromatic N) is 2. The molecule has 2 heterocycles. The van der Waals surface area contributed by atoms with Gasteiger partial charge in [0.05, 0.1) is 10.8 Å². The van der Waals surface area contributed by atoms with Crippen LogP contribution in [0.4, 0.5) is 0 Å². The van der Waals surface area contributed by atoms with E-state index in [1.165, 1.54) is 18.6 Å². The van der Waals surface area contributed by atoms with Crippen LogP contribution in [0.2, 0.25) is 0 Å². The van der Waals surface area contributed by atoms with Crippen LogP contribution in [0.3, 0.4) is 0 Å². The van der Waals surface area contributed by atoms with E-state index in [1.807, 2.05) is 25.6 Å². The van der Waals surface area contributed by atoms with Gasteiger partial charge in [-0.1, -0.05) is 11.6 Å². The zero-order chi connectivity index (χ0) is 10.9. The lowest BCUT2D eigenvalue weighted by Crippen LogP contribution is -2.30. The number of hydrogen-bond acceptors (Lipinski definition) is 5. The maximum atomic E-state index is 5.91. The maximum Gasteiger partial charge on any atom is 0.239 e. The molecular weight excluding hydrogens is 210 g/mol. The van der Waals surface area contributed by atoms with Gasteiger partial charge in [-0.15, -0.1) is 11.8 Å². The van der Waals surface area contributed by atoms with E-state index in [0.717, 1.165) is 12.3 Å². The Hall–Kier alpha value is -0.550. The molecule has 4 nitrogen and oxygen atoms in total. The van der Waals surface area contributed by atoms with E-state index in [1.54, 1.807) is 0 Å². The monoisotopic (exact) mass is 227 g/mol. The molecule has 1 aliphatic heterocycles. The second kappa shape index (κ2) is 4.14. The molecule has 0 saturated carbocycles. The van der Waals surface area contributed by atoms with Gasteiger partial charge < -0.3 is 10.3 Å². The highest BCUT2D eigenvalue weighted by Gasteiger charge is 2.26. The second-order valence-electron chi connectivity index (χ2n) is 4.53. The summed E-state index contributed by atoms with van der Waals surface area (Å²) in [6, 6.07) is 0. The van der Waals surface area contributed by atoms with E-state index in [-0.39, 0.29) is 0 Å². The summed E-state index contributed by atoms with van der Waals surface area (Å²) < 4.78 is 5.27. The molecular formula is C10H17N3OS. The Morgan fingerprint density at radius 2 is 2.27 bits per heavy atom. The zero-order valence-electron chi connectivity index (χ0n) is 9.19. The first-order valence-electron chi connectivity index (χ1n) is 5.32. The van der Waals surface area contributed by atoms with Crippen molar-refractivity contribution in [2.75, 3.05) is 5.75 Å². The lowest BCUT2D eigenvalue weighted by Gasteiger charge is -2.17. The van der Waals surface area contributed by atoms with E-state index >= 15 is 0 Å². The number of hydrogen-bond donors (Lipinski definition) is 1. The van der Waals surface area contributed by atoms with Gasteiger partial charge >= 0.3 is 0 Å². The van der Waals surface area contributed by atoms with Crippen molar-refractivity contribution in [3.63, 3.8) is 0 Å². The van der Waals surface area contributed by atoms with Gasteiger partial charge in [-0.05, 0) is 32.4 Å². The largest absolute Gasteiger partial charge is 0.338 e. The Morgan fingerprint density at radius 1 is 1.47 bits per heavy atom. The molecule has 15 heavy (non-hydrogen) atoms. The van der Waals surface area contributed by atoms with Crippen LogP contribution in [-0.2, 0) is 5.54 Å².